The summed E-state index contributed by atoms with van der Waals surface area (Å²) < 4.78 is 66.1. The van der Waals surface area contributed by atoms with E-state index in [9.17, 15) is 21.6 Å². The Balaban J connectivity index is 2.51. The third kappa shape index (κ3) is 2.60. The van der Waals surface area contributed by atoms with Crippen molar-refractivity contribution < 1.29 is 21.6 Å². The average Bonchev–Trinajstić information content (AvgIpc) is 2.69. The van der Waals surface area contributed by atoms with Crippen molar-refractivity contribution in [2.45, 2.75) is 24.3 Å². The Morgan fingerprint density at radius 3 is 2.35 bits per heavy atom. The number of halogens is 4. The maximum atomic E-state index is 13.7. The molecule has 1 saturated heterocycles. The predicted octanol–water partition coefficient (Wildman–Crippen LogP) is 2.90. The molecule has 0 aliphatic carbocycles. The zero-order valence-corrected chi connectivity index (χ0v) is 13.0. The van der Waals surface area contributed by atoms with Gasteiger partial charge in [-0.3, -0.25) is 0 Å². The number of alkyl halides is 1. The van der Waals surface area contributed by atoms with Gasteiger partial charge < -0.3 is 0 Å². The summed E-state index contributed by atoms with van der Waals surface area (Å²) in [5.74, 6) is -3.88. The lowest BCUT2D eigenvalue weighted by molar-refractivity contribution is 0.372. The molecule has 1 aliphatic heterocycles. The molecule has 0 aromatic heterocycles. The van der Waals surface area contributed by atoms with Crippen molar-refractivity contribution in [2.75, 3.05) is 11.9 Å². The van der Waals surface area contributed by atoms with Gasteiger partial charge in [0.25, 0.3) is 0 Å². The van der Waals surface area contributed by atoms with Crippen molar-refractivity contribution in [3.05, 3.63) is 29.6 Å². The number of benzene rings is 1. The van der Waals surface area contributed by atoms with Crippen molar-refractivity contribution in [1.82, 2.24) is 4.31 Å². The lowest BCUT2D eigenvalue weighted by atomic mass is 10.1. The third-order valence-electron chi connectivity index (χ3n) is 3.52. The van der Waals surface area contributed by atoms with E-state index in [1.165, 1.54) is 0 Å². The van der Waals surface area contributed by atoms with Gasteiger partial charge in [0.2, 0.25) is 10.0 Å². The van der Waals surface area contributed by atoms with E-state index in [0.717, 1.165) is 4.31 Å². The van der Waals surface area contributed by atoms with E-state index in [1.54, 1.807) is 0 Å². The number of hydrogen-bond donors (Lipinski definition) is 0. The fourth-order valence-electron chi connectivity index (χ4n) is 2.39. The van der Waals surface area contributed by atoms with Crippen LogP contribution in [0.1, 0.15) is 13.3 Å². The second-order valence-corrected chi connectivity index (χ2v) is 7.28. The lowest BCUT2D eigenvalue weighted by Crippen LogP contribution is -2.39. The zero-order valence-electron chi connectivity index (χ0n) is 10.6. The second-order valence-electron chi connectivity index (χ2n) is 4.80. The Morgan fingerprint density at radius 1 is 1.30 bits per heavy atom. The summed E-state index contributed by atoms with van der Waals surface area (Å²) in [4.78, 5) is -1.08. The first-order valence-electron chi connectivity index (χ1n) is 6.01. The Hall–Kier alpha value is -0.600. The van der Waals surface area contributed by atoms with Crippen LogP contribution in [0.25, 0.3) is 0 Å². The highest BCUT2D eigenvalue weighted by atomic mass is 79.9. The number of rotatable bonds is 3. The van der Waals surface area contributed by atoms with E-state index in [0.29, 0.717) is 23.9 Å². The molecule has 0 N–H and O–H groups in total. The Kier molecular flexibility index (Phi) is 4.46. The molecular formula is C12H13BrF3NO2S. The van der Waals surface area contributed by atoms with Gasteiger partial charge in [0.1, 0.15) is 17.5 Å². The SMILES string of the molecule is CC1CCN(S(=O)(=O)c2c(F)cc(F)cc2F)C1CBr. The van der Waals surface area contributed by atoms with Crippen LogP contribution in [0, 0.1) is 23.4 Å². The normalized spacial score (nSPS) is 24.2. The van der Waals surface area contributed by atoms with Crippen LogP contribution in [-0.4, -0.2) is 30.6 Å². The fourth-order valence-corrected chi connectivity index (χ4v) is 5.40. The summed E-state index contributed by atoms with van der Waals surface area (Å²) in [6.45, 7) is 2.06. The summed E-state index contributed by atoms with van der Waals surface area (Å²) in [6.07, 6.45) is 0.611. The minimum Gasteiger partial charge on any atom is -0.207 e. The van der Waals surface area contributed by atoms with Crippen LogP contribution in [0.5, 0.6) is 0 Å². The molecule has 1 aromatic carbocycles. The summed E-state index contributed by atoms with van der Waals surface area (Å²) in [5.41, 5.74) is 0. The molecular weight excluding hydrogens is 359 g/mol. The summed E-state index contributed by atoms with van der Waals surface area (Å²) >= 11 is 3.22. The average molecular weight is 372 g/mol. The first-order chi connectivity index (χ1) is 9.28. The van der Waals surface area contributed by atoms with Gasteiger partial charge >= 0.3 is 0 Å². The highest BCUT2D eigenvalue weighted by Gasteiger charge is 2.41. The molecule has 1 aliphatic rings. The van der Waals surface area contributed by atoms with Crippen molar-refractivity contribution in [3.8, 4) is 0 Å². The van der Waals surface area contributed by atoms with Crippen molar-refractivity contribution >= 4 is 26.0 Å². The molecule has 112 valence electrons. The van der Waals surface area contributed by atoms with Gasteiger partial charge in [-0.05, 0) is 12.3 Å². The fraction of sp³-hybridized carbons (Fsp3) is 0.500. The van der Waals surface area contributed by atoms with Gasteiger partial charge in [0, 0.05) is 30.0 Å². The highest BCUT2D eigenvalue weighted by Crippen LogP contribution is 2.33. The maximum absolute atomic E-state index is 13.7. The Morgan fingerprint density at radius 2 is 1.85 bits per heavy atom. The molecule has 2 atom stereocenters. The van der Waals surface area contributed by atoms with Gasteiger partial charge in [-0.25, -0.2) is 21.6 Å². The quantitative estimate of drug-likeness (QED) is 0.766. The number of hydrogen-bond acceptors (Lipinski definition) is 2. The first kappa shape index (κ1) is 15.8. The largest absolute Gasteiger partial charge is 0.249 e. The molecule has 0 radical (unpaired) electrons. The van der Waals surface area contributed by atoms with E-state index >= 15 is 0 Å². The van der Waals surface area contributed by atoms with E-state index in [1.807, 2.05) is 6.92 Å². The zero-order chi connectivity index (χ0) is 15.1. The van der Waals surface area contributed by atoms with Crippen LogP contribution in [-0.2, 0) is 10.0 Å². The number of nitrogens with zero attached hydrogens (tertiary/aromatic N) is 1. The minimum absolute atomic E-state index is 0.0794. The molecule has 3 nitrogen and oxygen atoms in total. The predicted molar refractivity (Wildman–Crippen MR) is 71.6 cm³/mol. The summed E-state index contributed by atoms with van der Waals surface area (Å²) in [6, 6.07) is 0.376. The molecule has 1 heterocycles. The third-order valence-corrected chi connectivity index (χ3v) is 6.16. The molecule has 0 bridgehead atoms. The minimum atomic E-state index is -4.32. The van der Waals surface area contributed by atoms with Crippen LogP contribution in [0.3, 0.4) is 0 Å². The standard InChI is InChI=1S/C12H13BrF3NO2S/c1-7-2-3-17(11(7)6-13)20(18,19)12-9(15)4-8(14)5-10(12)16/h4-5,7,11H,2-3,6H2,1H3. The molecule has 0 amide bonds. The molecule has 2 unspecified atom stereocenters. The molecule has 0 spiro atoms. The van der Waals surface area contributed by atoms with E-state index < -0.39 is 32.4 Å². The summed E-state index contributed by atoms with van der Waals surface area (Å²) in [7, 11) is -4.32. The summed E-state index contributed by atoms with van der Waals surface area (Å²) in [5, 5.41) is 0.373. The molecule has 1 fully saturated rings. The van der Waals surface area contributed by atoms with Crippen LogP contribution >= 0.6 is 15.9 Å². The molecule has 2 rings (SSSR count). The van der Waals surface area contributed by atoms with Crippen LogP contribution in [0.2, 0.25) is 0 Å². The van der Waals surface area contributed by atoms with E-state index in [-0.39, 0.29) is 18.5 Å². The Bertz CT molecular complexity index is 600. The monoisotopic (exact) mass is 371 g/mol. The first-order valence-corrected chi connectivity index (χ1v) is 8.57. The van der Waals surface area contributed by atoms with E-state index in [4.69, 9.17) is 0 Å². The van der Waals surface area contributed by atoms with Crippen molar-refractivity contribution in [3.63, 3.8) is 0 Å². The van der Waals surface area contributed by atoms with Crippen LogP contribution in [0.4, 0.5) is 13.2 Å². The Labute approximate surface area is 123 Å². The van der Waals surface area contributed by atoms with Gasteiger partial charge in [0.05, 0.1) is 0 Å². The van der Waals surface area contributed by atoms with Crippen molar-refractivity contribution in [2.24, 2.45) is 5.92 Å². The van der Waals surface area contributed by atoms with Crippen LogP contribution < -0.4 is 0 Å². The lowest BCUT2D eigenvalue weighted by Gasteiger charge is -2.25. The van der Waals surface area contributed by atoms with Gasteiger partial charge in [0.15, 0.2) is 4.90 Å². The molecule has 8 heteroatoms. The van der Waals surface area contributed by atoms with Crippen molar-refractivity contribution in [1.29, 1.82) is 0 Å². The maximum Gasteiger partial charge on any atom is 0.249 e. The molecule has 0 saturated carbocycles. The smallest absolute Gasteiger partial charge is 0.207 e. The van der Waals surface area contributed by atoms with Crippen LogP contribution in [0.15, 0.2) is 17.0 Å². The molecule has 1 aromatic rings. The van der Waals surface area contributed by atoms with Gasteiger partial charge in [-0.2, -0.15) is 4.31 Å². The number of sulfonamides is 1. The van der Waals surface area contributed by atoms with Gasteiger partial charge in [-0.15, -0.1) is 0 Å². The molecule has 20 heavy (non-hydrogen) atoms. The highest BCUT2D eigenvalue weighted by molar-refractivity contribution is 9.09. The topological polar surface area (TPSA) is 37.4 Å². The second kappa shape index (κ2) is 5.65. The van der Waals surface area contributed by atoms with Gasteiger partial charge in [-0.1, -0.05) is 22.9 Å². The van der Waals surface area contributed by atoms with E-state index in [2.05, 4.69) is 15.9 Å².